The Morgan fingerprint density at radius 3 is 2.04 bits per heavy atom. The van der Waals surface area contributed by atoms with Crippen LogP contribution in [0.5, 0.6) is 5.75 Å². The van der Waals surface area contributed by atoms with Crippen LogP contribution in [-0.2, 0) is 32.6 Å². The lowest BCUT2D eigenvalue weighted by molar-refractivity contribution is -0.140. The van der Waals surface area contributed by atoms with E-state index in [2.05, 4.69) is 21.2 Å². The molecule has 0 fully saturated rings. The summed E-state index contributed by atoms with van der Waals surface area (Å²) in [5, 5.41) is 2.96. The number of anilines is 1. The lowest BCUT2D eigenvalue weighted by atomic mass is 10.0. The number of hydrogen-bond donors (Lipinski definition) is 1. The molecule has 4 aromatic carbocycles. The molecule has 1 unspecified atom stereocenters. The Morgan fingerprint density at radius 1 is 0.822 bits per heavy atom. The Bertz CT molecular complexity index is 1630. The van der Waals surface area contributed by atoms with Crippen molar-refractivity contribution in [2.75, 3.05) is 24.0 Å². The molecule has 10 heteroatoms. The Hall–Kier alpha value is -4.15. The first-order chi connectivity index (χ1) is 21.7. The molecular weight excluding hydrogens is 654 g/mol. The first-order valence-electron chi connectivity index (χ1n) is 14.9. The molecule has 0 aliphatic carbocycles. The smallest absolute Gasteiger partial charge is 0.264 e. The van der Waals surface area contributed by atoms with E-state index in [9.17, 15) is 18.0 Å². The number of carbonyl (C=O) groups excluding carboxylic acids is 2. The fourth-order valence-corrected chi connectivity index (χ4v) is 6.53. The molecule has 0 radical (unpaired) electrons. The summed E-state index contributed by atoms with van der Waals surface area (Å²) >= 11 is 3.46. The molecule has 2 amide bonds. The van der Waals surface area contributed by atoms with E-state index in [1.807, 2.05) is 68.4 Å². The molecule has 1 atom stereocenters. The van der Waals surface area contributed by atoms with Crippen LogP contribution in [0.1, 0.15) is 31.4 Å². The standard InChI is InChI=1S/C35H38BrN3O5S/c1-3-23-37-35(41)33(24-27-11-7-5-8-12-27)38(25-28-15-17-29(36)18-16-28)34(40)26-39(30-19-21-31(22-20-30)44-4-2)45(42,43)32-13-9-6-10-14-32/h5-22,33H,3-4,23-26H2,1-2H3,(H,37,41). The first-order valence-corrected chi connectivity index (χ1v) is 17.1. The van der Waals surface area contributed by atoms with Crippen LogP contribution in [0.3, 0.4) is 0 Å². The highest BCUT2D eigenvalue weighted by Crippen LogP contribution is 2.27. The fourth-order valence-electron chi connectivity index (χ4n) is 4.83. The molecule has 4 aromatic rings. The van der Waals surface area contributed by atoms with Gasteiger partial charge in [-0.2, -0.15) is 0 Å². The van der Waals surface area contributed by atoms with Crippen molar-refractivity contribution < 1.29 is 22.7 Å². The second-order valence-electron chi connectivity index (χ2n) is 10.4. The minimum absolute atomic E-state index is 0.0488. The van der Waals surface area contributed by atoms with Crippen molar-refractivity contribution in [3.05, 3.63) is 125 Å². The summed E-state index contributed by atoms with van der Waals surface area (Å²) in [6.45, 7) is 4.31. The average molecular weight is 693 g/mol. The van der Waals surface area contributed by atoms with Gasteiger partial charge in [0.15, 0.2) is 0 Å². The number of benzene rings is 4. The van der Waals surface area contributed by atoms with Crippen LogP contribution in [-0.4, -0.2) is 50.9 Å². The van der Waals surface area contributed by atoms with Gasteiger partial charge in [-0.25, -0.2) is 8.42 Å². The Morgan fingerprint density at radius 2 is 1.44 bits per heavy atom. The van der Waals surface area contributed by atoms with Gasteiger partial charge in [0, 0.05) is 24.0 Å². The highest BCUT2D eigenvalue weighted by Gasteiger charge is 2.34. The molecule has 8 nitrogen and oxygen atoms in total. The largest absolute Gasteiger partial charge is 0.494 e. The van der Waals surface area contributed by atoms with E-state index < -0.39 is 28.5 Å². The highest BCUT2D eigenvalue weighted by atomic mass is 79.9. The second-order valence-corrected chi connectivity index (χ2v) is 13.2. The van der Waals surface area contributed by atoms with Gasteiger partial charge in [-0.15, -0.1) is 0 Å². The third-order valence-electron chi connectivity index (χ3n) is 7.13. The molecule has 0 saturated carbocycles. The van der Waals surface area contributed by atoms with Gasteiger partial charge in [-0.3, -0.25) is 13.9 Å². The number of nitrogens with one attached hydrogen (secondary N) is 1. The quantitative estimate of drug-likeness (QED) is 0.160. The molecule has 0 bridgehead atoms. The molecule has 236 valence electrons. The van der Waals surface area contributed by atoms with Crippen molar-refractivity contribution in [3.8, 4) is 5.75 Å². The predicted octanol–water partition coefficient (Wildman–Crippen LogP) is 6.21. The monoisotopic (exact) mass is 691 g/mol. The SMILES string of the molecule is CCCNC(=O)C(Cc1ccccc1)N(Cc1ccc(Br)cc1)C(=O)CN(c1ccc(OCC)cc1)S(=O)(=O)c1ccccc1. The molecule has 1 N–H and O–H groups in total. The molecule has 0 spiro atoms. The summed E-state index contributed by atoms with van der Waals surface area (Å²) in [4.78, 5) is 29.7. The molecular formula is C35H38BrN3O5S. The van der Waals surface area contributed by atoms with E-state index in [1.54, 1.807) is 42.5 Å². The van der Waals surface area contributed by atoms with Gasteiger partial charge >= 0.3 is 0 Å². The lowest BCUT2D eigenvalue weighted by Gasteiger charge is -2.34. The maximum absolute atomic E-state index is 14.5. The summed E-state index contributed by atoms with van der Waals surface area (Å²) in [5.74, 6) is -0.236. The van der Waals surface area contributed by atoms with Gasteiger partial charge in [0.05, 0.1) is 17.2 Å². The van der Waals surface area contributed by atoms with E-state index >= 15 is 0 Å². The van der Waals surface area contributed by atoms with E-state index in [0.29, 0.717) is 24.6 Å². The van der Waals surface area contributed by atoms with Crippen molar-refractivity contribution in [1.29, 1.82) is 0 Å². The lowest BCUT2D eigenvalue weighted by Crippen LogP contribution is -2.53. The third kappa shape index (κ3) is 9.18. The van der Waals surface area contributed by atoms with Gasteiger partial charge in [0.1, 0.15) is 18.3 Å². The van der Waals surface area contributed by atoms with E-state index in [4.69, 9.17) is 4.74 Å². The van der Waals surface area contributed by atoms with Crippen LogP contribution in [0.2, 0.25) is 0 Å². The molecule has 0 aromatic heterocycles. The fraction of sp³-hybridized carbons (Fsp3) is 0.257. The van der Waals surface area contributed by atoms with Gasteiger partial charge in [0.25, 0.3) is 10.0 Å². The second kappa shape index (κ2) is 16.2. The van der Waals surface area contributed by atoms with Crippen LogP contribution in [0, 0.1) is 0 Å². The molecule has 0 heterocycles. The average Bonchev–Trinajstić information content (AvgIpc) is 3.06. The number of hydrogen-bond acceptors (Lipinski definition) is 5. The molecule has 0 aliphatic heterocycles. The number of sulfonamides is 1. The summed E-state index contributed by atoms with van der Waals surface area (Å²) in [6, 6.07) is 30.7. The Kier molecular flexibility index (Phi) is 12.2. The van der Waals surface area contributed by atoms with Crippen LogP contribution in [0.25, 0.3) is 0 Å². The van der Waals surface area contributed by atoms with Crippen molar-refractivity contribution in [2.24, 2.45) is 0 Å². The maximum atomic E-state index is 14.5. The topological polar surface area (TPSA) is 96.0 Å². The molecule has 0 saturated heterocycles. The normalized spacial score (nSPS) is 11.8. The van der Waals surface area contributed by atoms with Gasteiger partial charge in [-0.05, 0) is 73.0 Å². The number of amides is 2. The summed E-state index contributed by atoms with van der Waals surface area (Å²) < 4.78 is 35.7. The highest BCUT2D eigenvalue weighted by molar-refractivity contribution is 9.10. The third-order valence-corrected chi connectivity index (χ3v) is 9.45. The van der Waals surface area contributed by atoms with E-state index in [0.717, 1.165) is 26.3 Å². The summed E-state index contributed by atoms with van der Waals surface area (Å²) in [6.07, 6.45) is 0.985. The number of halogens is 1. The Balaban J connectivity index is 1.78. The van der Waals surface area contributed by atoms with Crippen LogP contribution in [0.15, 0.2) is 119 Å². The number of ether oxygens (including phenoxy) is 1. The van der Waals surface area contributed by atoms with Crippen LogP contribution < -0.4 is 14.4 Å². The Labute approximate surface area is 274 Å². The number of nitrogens with zero attached hydrogens (tertiary/aromatic N) is 2. The number of carbonyl (C=O) groups is 2. The van der Waals surface area contributed by atoms with Crippen LogP contribution in [0.4, 0.5) is 5.69 Å². The van der Waals surface area contributed by atoms with Gasteiger partial charge in [-0.1, -0.05) is 83.5 Å². The van der Waals surface area contributed by atoms with Gasteiger partial charge < -0.3 is 15.0 Å². The number of rotatable bonds is 15. The molecule has 4 rings (SSSR count). The minimum atomic E-state index is -4.17. The van der Waals surface area contributed by atoms with Crippen LogP contribution >= 0.6 is 15.9 Å². The zero-order valence-corrected chi connectivity index (χ0v) is 27.8. The summed E-state index contributed by atoms with van der Waals surface area (Å²) in [7, 11) is -4.17. The van der Waals surface area contributed by atoms with Crippen molar-refractivity contribution in [3.63, 3.8) is 0 Å². The minimum Gasteiger partial charge on any atom is -0.494 e. The first kappa shape index (κ1) is 33.7. The van der Waals surface area contributed by atoms with Crippen molar-refractivity contribution in [2.45, 2.75) is 44.2 Å². The van der Waals surface area contributed by atoms with E-state index in [-0.39, 0.29) is 23.8 Å². The zero-order chi connectivity index (χ0) is 32.2. The predicted molar refractivity (Wildman–Crippen MR) is 181 cm³/mol. The van der Waals surface area contributed by atoms with Gasteiger partial charge in [0.2, 0.25) is 11.8 Å². The van der Waals surface area contributed by atoms with E-state index in [1.165, 1.54) is 17.0 Å². The summed E-state index contributed by atoms with van der Waals surface area (Å²) in [5.41, 5.74) is 1.98. The molecule has 0 aliphatic rings. The zero-order valence-electron chi connectivity index (χ0n) is 25.4. The maximum Gasteiger partial charge on any atom is 0.264 e. The van der Waals surface area contributed by atoms with Crippen molar-refractivity contribution >= 4 is 43.5 Å². The molecule has 45 heavy (non-hydrogen) atoms. The van der Waals surface area contributed by atoms with Crippen molar-refractivity contribution in [1.82, 2.24) is 10.2 Å².